The van der Waals surface area contributed by atoms with E-state index in [0.717, 1.165) is 50.9 Å². The van der Waals surface area contributed by atoms with E-state index < -0.39 is 0 Å². The first kappa shape index (κ1) is 14.7. The summed E-state index contributed by atoms with van der Waals surface area (Å²) in [5.41, 5.74) is 0. The molecule has 0 aromatic rings. The Morgan fingerprint density at radius 2 is 2.41 bits per heavy atom. The zero-order chi connectivity index (χ0) is 12.5. The van der Waals surface area contributed by atoms with Crippen LogP contribution >= 0.6 is 12.2 Å². The van der Waals surface area contributed by atoms with E-state index >= 15 is 0 Å². The van der Waals surface area contributed by atoms with Crippen LogP contribution in [0.3, 0.4) is 0 Å². The second-order valence-electron chi connectivity index (χ2n) is 4.36. The molecule has 100 valence electrons. The highest BCUT2D eigenvalue weighted by molar-refractivity contribution is 7.80. The molecule has 17 heavy (non-hydrogen) atoms. The summed E-state index contributed by atoms with van der Waals surface area (Å²) in [4.78, 5) is 0. The van der Waals surface area contributed by atoms with Gasteiger partial charge in [0.1, 0.15) is 0 Å². The SMILES string of the molecule is CCOCCCNC(=S)NC(C)C1CCOC1. The highest BCUT2D eigenvalue weighted by Gasteiger charge is 2.22. The van der Waals surface area contributed by atoms with E-state index in [0.29, 0.717) is 12.0 Å². The molecule has 1 aliphatic heterocycles. The second-order valence-corrected chi connectivity index (χ2v) is 4.77. The predicted octanol–water partition coefficient (Wildman–Crippen LogP) is 1.30. The van der Waals surface area contributed by atoms with Gasteiger partial charge in [-0.1, -0.05) is 0 Å². The Bertz CT molecular complexity index is 221. The molecule has 2 atom stereocenters. The standard InChI is InChI=1S/C12H24N2O2S/c1-3-15-7-4-6-13-12(17)14-10(2)11-5-8-16-9-11/h10-11H,3-9H2,1-2H3,(H2,13,14,17). The number of hydrogen-bond acceptors (Lipinski definition) is 3. The summed E-state index contributed by atoms with van der Waals surface area (Å²) in [5, 5.41) is 7.24. The predicted molar refractivity (Wildman–Crippen MR) is 73.2 cm³/mol. The Morgan fingerprint density at radius 1 is 1.59 bits per heavy atom. The minimum absolute atomic E-state index is 0.379. The first-order valence-electron chi connectivity index (χ1n) is 6.44. The van der Waals surface area contributed by atoms with Gasteiger partial charge in [0, 0.05) is 38.3 Å². The monoisotopic (exact) mass is 260 g/mol. The van der Waals surface area contributed by atoms with Gasteiger partial charge in [-0.25, -0.2) is 0 Å². The van der Waals surface area contributed by atoms with E-state index in [1.807, 2.05) is 6.92 Å². The molecule has 1 heterocycles. The van der Waals surface area contributed by atoms with Crippen molar-refractivity contribution in [3.05, 3.63) is 0 Å². The van der Waals surface area contributed by atoms with Gasteiger partial charge in [-0.2, -0.15) is 0 Å². The number of hydrogen-bond donors (Lipinski definition) is 2. The van der Waals surface area contributed by atoms with E-state index in [4.69, 9.17) is 21.7 Å². The first-order chi connectivity index (χ1) is 8.24. The second kappa shape index (κ2) is 8.66. The lowest BCUT2D eigenvalue weighted by atomic mass is 10.0. The summed E-state index contributed by atoms with van der Waals surface area (Å²) in [5.74, 6) is 0.582. The molecular weight excluding hydrogens is 236 g/mol. The third kappa shape index (κ3) is 6.19. The van der Waals surface area contributed by atoms with Crippen LogP contribution in [0.4, 0.5) is 0 Å². The summed E-state index contributed by atoms with van der Waals surface area (Å²) in [7, 11) is 0. The fraction of sp³-hybridized carbons (Fsp3) is 0.917. The molecule has 1 aliphatic rings. The van der Waals surface area contributed by atoms with E-state index in [1.165, 1.54) is 0 Å². The van der Waals surface area contributed by atoms with E-state index in [-0.39, 0.29) is 0 Å². The van der Waals surface area contributed by atoms with Crippen LogP contribution in [0.2, 0.25) is 0 Å². The molecule has 0 bridgehead atoms. The summed E-state index contributed by atoms with van der Waals surface area (Å²) in [6, 6.07) is 0.379. The summed E-state index contributed by atoms with van der Waals surface area (Å²) in [6.07, 6.45) is 2.11. The Hall–Kier alpha value is -0.390. The Balaban J connectivity index is 2.03. The zero-order valence-corrected chi connectivity index (χ0v) is 11.6. The maximum absolute atomic E-state index is 5.37. The number of ether oxygens (including phenoxy) is 2. The molecule has 0 radical (unpaired) electrons. The average molecular weight is 260 g/mol. The summed E-state index contributed by atoms with van der Waals surface area (Å²) in [6.45, 7) is 8.32. The van der Waals surface area contributed by atoms with Gasteiger partial charge in [-0.05, 0) is 38.9 Å². The summed E-state index contributed by atoms with van der Waals surface area (Å²) >= 11 is 5.24. The molecule has 0 amide bonds. The van der Waals surface area contributed by atoms with E-state index in [9.17, 15) is 0 Å². The van der Waals surface area contributed by atoms with Gasteiger partial charge in [0.05, 0.1) is 6.61 Å². The normalized spacial score (nSPS) is 21.2. The van der Waals surface area contributed by atoms with Crippen molar-refractivity contribution in [3.63, 3.8) is 0 Å². The lowest BCUT2D eigenvalue weighted by Gasteiger charge is -2.21. The van der Waals surface area contributed by atoms with Crippen molar-refractivity contribution >= 4 is 17.3 Å². The Labute approximate surface area is 109 Å². The van der Waals surface area contributed by atoms with Gasteiger partial charge in [0.15, 0.2) is 5.11 Å². The summed E-state index contributed by atoms with van der Waals surface area (Å²) < 4.78 is 10.6. The molecule has 1 rings (SSSR count). The number of rotatable bonds is 7. The lowest BCUT2D eigenvalue weighted by Crippen LogP contribution is -2.44. The van der Waals surface area contributed by atoms with Gasteiger partial charge < -0.3 is 20.1 Å². The zero-order valence-electron chi connectivity index (χ0n) is 10.8. The molecule has 1 fully saturated rings. The quantitative estimate of drug-likeness (QED) is 0.533. The van der Waals surface area contributed by atoms with E-state index in [2.05, 4.69) is 17.6 Å². The van der Waals surface area contributed by atoms with Crippen molar-refractivity contribution < 1.29 is 9.47 Å². The molecule has 2 unspecified atom stereocenters. The third-order valence-corrected chi connectivity index (χ3v) is 3.25. The fourth-order valence-corrected chi connectivity index (χ4v) is 2.13. The Kier molecular flexibility index (Phi) is 7.48. The average Bonchev–Trinajstić information content (AvgIpc) is 2.82. The van der Waals surface area contributed by atoms with Crippen molar-refractivity contribution in [2.75, 3.05) is 33.0 Å². The maximum atomic E-state index is 5.37. The van der Waals surface area contributed by atoms with Crippen LogP contribution in [0.5, 0.6) is 0 Å². The van der Waals surface area contributed by atoms with Crippen molar-refractivity contribution in [2.24, 2.45) is 5.92 Å². The van der Waals surface area contributed by atoms with Gasteiger partial charge in [0.25, 0.3) is 0 Å². The van der Waals surface area contributed by atoms with Crippen molar-refractivity contribution in [3.8, 4) is 0 Å². The van der Waals surface area contributed by atoms with Crippen LogP contribution in [0.1, 0.15) is 26.7 Å². The topological polar surface area (TPSA) is 42.5 Å². The van der Waals surface area contributed by atoms with Crippen LogP contribution in [0.25, 0.3) is 0 Å². The third-order valence-electron chi connectivity index (χ3n) is 2.99. The van der Waals surface area contributed by atoms with Gasteiger partial charge in [0.2, 0.25) is 0 Å². The van der Waals surface area contributed by atoms with Crippen LogP contribution in [-0.2, 0) is 9.47 Å². The van der Waals surface area contributed by atoms with Gasteiger partial charge in [-0.15, -0.1) is 0 Å². The Morgan fingerprint density at radius 3 is 3.06 bits per heavy atom. The van der Waals surface area contributed by atoms with Crippen LogP contribution < -0.4 is 10.6 Å². The van der Waals surface area contributed by atoms with Crippen LogP contribution in [-0.4, -0.2) is 44.1 Å². The molecule has 2 N–H and O–H groups in total. The van der Waals surface area contributed by atoms with Crippen molar-refractivity contribution in [1.29, 1.82) is 0 Å². The fourth-order valence-electron chi connectivity index (χ4n) is 1.84. The largest absolute Gasteiger partial charge is 0.382 e. The number of thiocarbonyl (C=S) groups is 1. The molecule has 1 saturated heterocycles. The molecule has 0 aromatic heterocycles. The van der Waals surface area contributed by atoms with Crippen LogP contribution in [0, 0.1) is 5.92 Å². The molecule has 5 heteroatoms. The molecule has 0 spiro atoms. The van der Waals surface area contributed by atoms with Gasteiger partial charge in [-0.3, -0.25) is 0 Å². The molecular formula is C12H24N2O2S. The maximum Gasteiger partial charge on any atom is 0.166 e. The van der Waals surface area contributed by atoms with Crippen molar-refractivity contribution in [1.82, 2.24) is 10.6 Å². The molecule has 4 nitrogen and oxygen atoms in total. The molecule has 0 saturated carbocycles. The van der Waals surface area contributed by atoms with E-state index in [1.54, 1.807) is 0 Å². The van der Waals surface area contributed by atoms with Gasteiger partial charge >= 0.3 is 0 Å². The van der Waals surface area contributed by atoms with Crippen molar-refractivity contribution in [2.45, 2.75) is 32.7 Å². The minimum Gasteiger partial charge on any atom is -0.382 e. The minimum atomic E-state index is 0.379. The first-order valence-corrected chi connectivity index (χ1v) is 6.84. The highest BCUT2D eigenvalue weighted by Crippen LogP contribution is 2.16. The highest BCUT2D eigenvalue weighted by atomic mass is 32.1. The van der Waals surface area contributed by atoms with Crippen LogP contribution in [0.15, 0.2) is 0 Å². The molecule has 0 aliphatic carbocycles. The molecule has 0 aromatic carbocycles. The smallest absolute Gasteiger partial charge is 0.166 e. The lowest BCUT2D eigenvalue weighted by molar-refractivity contribution is 0.145. The number of nitrogens with one attached hydrogen (secondary N) is 2.